The minimum Gasteiger partial charge on any atom is -0.378 e. The lowest BCUT2D eigenvalue weighted by molar-refractivity contribution is -0.0130. The second kappa shape index (κ2) is 5.86. The van der Waals surface area contributed by atoms with Crippen molar-refractivity contribution in [2.24, 2.45) is 17.3 Å². The largest absolute Gasteiger partial charge is 0.378 e. The first-order valence-corrected chi connectivity index (χ1v) is 7.50. The van der Waals surface area contributed by atoms with Crippen molar-refractivity contribution in [2.45, 2.75) is 64.8 Å². The highest BCUT2D eigenvalue weighted by Crippen LogP contribution is 2.43. The summed E-state index contributed by atoms with van der Waals surface area (Å²) in [5, 5.41) is 0. The maximum Gasteiger partial charge on any atom is 0.0523 e. The quantitative estimate of drug-likeness (QED) is 0.686. The summed E-state index contributed by atoms with van der Waals surface area (Å²) in [6.07, 6.45) is 4.37. The van der Waals surface area contributed by atoms with E-state index in [0.717, 1.165) is 18.4 Å². The molecular weight excluding hydrogens is 264 g/mol. The summed E-state index contributed by atoms with van der Waals surface area (Å²) >= 11 is 3.88. The molecule has 16 heavy (non-hydrogen) atoms. The maximum atomic E-state index is 5.81. The molecule has 96 valence electrons. The van der Waals surface area contributed by atoms with Gasteiger partial charge in [-0.1, -0.05) is 43.1 Å². The van der Waals surface area contributed by atoms with Crippen LogP contribution in [0.5, 0.6) is 0 Å². The first kappa shape index (κ1) is 14.5. The SMILES string of the molecule is CC1CCC(C(C)(C)COC(C)C)C(Br)C1. The molecule has 3 unspecified atom stereocenters. The van der Waals surface area contributed by atoms with E-state index >= 15 is 0 Å². The fourth-order valence-electron chi connectivity index (χ4n) is 2.68. The van der Waals surface area contributed by atoms with Gasteiger partial charge in [0.05, 0.1) is 12.7 Å². The molecule has 1 aliphatic carbocycles. The van der Waals surface area contributed by atoms with Gasteiger partial charge in [0.25, 0.3) is 0 Å². The van der Waals surface area contributed by atoms with Crippen LogP contribution in [0.4, 0.5) is 0 Å². The Kier molecular flexibility index (Phi) is 5.31. The van der Waals surface area contributed by atoms with Gasteiger partial charge in [-0.05, 0) is 43.9 Å². The molecule has 0 heterocycles. The van der Waals surface area contributed by atoms with E-state index in [2.05, 4.69) is 50.5 Å². The predicted octanol–water partition coefficient (Wildman–Crippen LogP) is 4.64. The molecule has 0 radical (unpaired) electrons. The molecule has 0 aromatic heterocycles. The van der Waals surface area contributed by atoms with Gasteiger partial charge in [-0.2, -0.15) is 0 Å². The van der Waals surface area contributed by atoms with Crippen LogP contribution in [0, 0.1) is 17.3 Å². The molecule has 1 aliphatic rings. The molecule has 1 saturated carbocycles. The van der Waals surface area contributed by atoms with Crippen LogP contribution in [-0.4, -0.2) is 17.5 Å². The van der Waals surface area contributed by atoms with E-state index in [4.69, 9.17) is 4.74 Å². The monoisotopic (exact) mass is 290 g/mol. The summed E-state index contributed by atoms with van der Waals surface area (Å²) < 4.78 is 5.81. The van der Waals surface area contributed by atoms with Crippen LogP contribution in [-0.2, 0) is 4.74 Å². The van der Waals surface area contributed by atoms with Gasteiger partial charge >= 0.3 is 0 Å². The summed E-state index contributed by atoms with van der Waals surface area (Å²) in [6.45, 7) is 12.2. The highest BCUT2D eigenvalue weighted by Gasteiger charge is 2.38. The van der Waals surface area contributed by atoms with Crippen LogP contribution in [0.2, 0.25) is 0 Å². The Balaban J connectivity index is 2.53. The summed E-state index contributed by atoms with van der Waals surface area (Å²) in [7, 11) is 0. The minimum atomic E-state index is 0.290. The Labute approximate surface area is 109 Å². The van der Waals surface area contributed by atoms with Gasteiger partial charge < -0.3 is 4.74 Å². The van der Waals surface area contributed by atoms with E-state index in [0.29, 0.717) is 16.3 Å². The average Bonchev–Trinajstić information content (AvgIpc) is 2.14. The number of alkyl halides is 1. The third-order valence-electron chi connectivity index (χ3n) is 3.83. The van der Waals surface area contributed by atoms with Crippen molar-refractivity contribution in [2.75, 3.05) is 6.61 Å². The van der Waals surface area contributed by atoms with Crippen molar-refractivity contribution in [3.05, 3.63) is 0 Å². The molecule has 1 nitrogen and oxygen atoms in total. The van der Waals surface area contributed by atoms with Gasteiger partial charge in [-0.3, -0.25) is 0 Å². The fraction of sp³-hybridized carbons (Fsp3) is 1.00. The Morgan fingerprint density at radius 1 is 1.31 bits per heavy atom. The van der Waals surface area contributed by atoms with E-state index < -0.39 is 0 Å². The standard InChI is InChI=1S/C14H27BrO/c1-10(2)16-9-14(4,5)12-7-6-11(3)8-13(12)15/h10-13H,6-9H2,1-5H3. The Bertz CT molecular complexity index is 213. The second-order valence-electron chi connectivity index (χ2n) is 6.39. The van der Waals surface area contributed by atoms with Crippen LogP contribution in [0.15, 0.2) is 0 Å². The highest BCUT2D eigenvalue weighted by molar-refractivity contribution is 9.09. The molecule has 0 spiro atoms. The summed E-state index contributed by atoms with van der Waals surface area (Å²) in [5.74, 6) is 1.63. The average molecular weight is 291 g/mol. The summed E-state index contributed by atoms with van der Waals surface area (Å²) in [5.41, 5.74) is 0.290. The lowest BCUT2D eigenvalue weighted by Crippen LogP contribution is -2.39. The second-order valence-corrected chi connectivity index (χ2v) is 7.57. The minimum absolute atomic E-state index is 0.290. The molecule has 0 N–H and O–H groups in total. The normalized spacial score (nSPS) is 32.1. The summed E-state index contributed by atoms with van der Waals surface area (Å²) in [6, 6.07) is 0. The highest BCUT2D eigenvalue weighted by atomic mass is 79.9. The van der Waals surface area contributed by atoms with Gasteiger partial charge in [0.1, 0.15) is 0 Å². The van der Waals surface area contributed by atoms with Crippen LogP contribution in [0.3, 0.4) is 0 Å². The van der Waals surface area contributed by atoms with Gasteiger partial charge in [-0.15, -0.1) is 0 Å². The van der Waals surface area contributed by atoms with Crippen molar-refractivity contribution in [1.29, 1.82) is 0 Å². The molecule has 0 saturated heterocycles. The summed E-state index contributed by atoms with van der Waals surface area (Å²) in [4.78, 5) is 0.669. The molecule has 3 atom stereocenters. The van der Waals surface area contributed by atoms with E-state index in [9.17, 15) is 0 Å². The van der Waals surface area contributed by atoms with Gasteiger partial charge in [0, 0.05) is 4.83 Å². The van der Waals surface area contributed by atoms with Crippen molar-refractivity contribution >= 4 is 15.9 Å². The molecule has 0 aromatic carbocycles. The number of rotatable bonds is 4. The molecule has 2 heteroatoms. The van der Waals surface area contributed by atoms with Crippen molar-refractivity contribution < 1.29 is 4.74 Å². The van der Waals surface area contributed by atoms with E-state index in [1.165, 1.54) is 19.3 Å². The lowest BCUT2D eigenvalue weighted by Gasteiger charge is -2.42. The van der Waals surface area contributed by atoms with Gasteiger partial charge in [0.2, 0.25) is 0 Å². The molecule has 1 fully saturated rings. The van der Waals surface area contributed by atoms with E-state index in [1.54, 1.807) is 0 Å². The Morgan fingerprint density at radius 2 is 1.94 bits per heavy atom. The Morgan fingerprint density at radius 3 is 2.44 bits per heavy atom. The number of hydrogen-bond acceptors (Lipinski definition) is 1. The zero-order chi connectivity index (χ0) is 12.3. The molecule has 0 aromatic rings. The molecule has 1 rings (SSSR count). The smallest absolute Gasteiger partial charge is 0.0523 e. The third-order valence-corrected chi connectivity index (χ3v) is 4.84. The molecule has 0 amide bonds. The lowest BCUT2D eigenvalue weighted by atomic mass is 9.69. The van der Waals surface area contributed by atoms with E-state index in [1.807, 2.05) is 0 Å². The van der Waals surface area contributed by atoms with Crippen LogP contribution in [0.1, 0.15) is 53.9 Å². The van der Waals surface area contributed by atoms with Crippen LogP contribution >= 0.6 is 15.9 Å². The topological polar surface area (TPSA) is 9.23 Å². The van der Waals surface area contributed by atoms with Crippen molar-refractivity contribution in [3.8, 4) is 0 Å². The van der Waals surface area contributed by atoms with Crippen LogP contribution < -0.4 is 0 Å². The van der Waals surface area contributed by atoms with Gasteiger partial charge in [-0.25, -0.2) is 0 Å². The first-order valence-electron chi connectivity index (χ1n) is 6.58. The van der Waals surface area contributed by atoms with Crippen LogP contribution in [0.25, 0.3) is 0 Å². The van der Waals surface area contributed by atoms with Gasteiger partial charge in [0.15, 0.2) is 0 Å². The van der Waals surface area contributed by atoms with Crippen molar-refractivity contribution in [1.82, 2.24) is 0 Å². The van der Waals surface area contributed by atoms with Crippen molar-refractivity contribution in [3.63, 3.8) is 0 Å². The number of hydrogen-bond donors (Lipinski definition) is 0. The molecule has 0 bridgehead atoms. The fourth-order valence-corrected chi connectivity index (χ4v) is 4.30. The van der Waals surface area contributed by atoms with E-state index in [-0.39, 0.29) is 0 Å². The first-order chi connectivity index (χ1) is 7.33. The number of ether oxygens (including phenoxy) is 1. The molecular formula is C14H27BrO. The molecule has 0 aliphatic heterocycles. The Hall–Kier alpha value is 0.440. The maximum absolute atomic E-state index is 5.81. The zero-order valence-corrected chi connectivity index (χ0v) is 13.0. The third kappa shape index (κ3) is 4.03. The predicted molar refractivity (Wildman–Crippen MR) is 74.1 cm³/mol. The number of halogens is 1. The zero-order valence-electron chi connectivity index (χ0n) is 11.4.